The minimum atomic E-state index is 0.466. The number of nitrogen functional groups attached to an aromatic ring is 1. The van der Waals surface area contributed by atoms with Crippen LogP contribution >= 0.6 is 0 Å². The molecule has 1 aliphatic rings. The number of aromatic nitrogens is 2. The number of fused-ring (bicyclic) bond motifs is 1. The molecule has 1 aromatic rings. The minimum absolute atomic E-state index is 0.466. The number of hydrogen-bond acceptors (Lipinski definition) is 4. The van der Waals surface area contributed by atoms with Crippen molar-refractivity contribution in [3.63, 3.8) is 0 Å². The number of aryl methyl sites for hydroxylation is 1. The molecule has 2 N–H and O–H groups in total. The Kier molecular flexibility index (Phi) is 3.72. The number of hydrogen-bond donors (Lipinski definition) is 1. The van der Waals surface area contributed by atoms with E-state index in [1.807, 2.05) is 6.92 Å². The highest BCUT2D eigenvalue weighted by molar-refractivity contribution is 5.43. The lowest BCUT2D eigenvalue weighted by Gasteiger charge is -2.10. The molecule has 0 saturated heterocycles. The molecule has 16 heavy (non-hydrogen) atoms. The highest BCUT2D eigenvalue weighted by atomic mass is 16.5. The summed E-state index contributed by atoms with van der Waals surface area (Å²) < 4.78 is 5.32. The molecule has 0 atom stereocenters. The number of anilines is 1. The van der Waals surface area contributed by atoms with Gasteiger partial charge >= 0.3 is 0 Å². The maximum atomic E-state index is 5.98. The molecule has 0 amide bonds. The van der Waals surface area contributed by atoms with E-state index in [1.54, 1.807) is 0 Å². The zero-order chi connectivity index (χ0) is 11.4. The Morgan fingerprint density at radius 3 is 2.81 bits per heavy atom. The third-order valence-corrected chi connectivity index (χ3v) is 2.95. The molecule has 1 heterocycles. The van der Waals surface area contributed by atoms with Crippen LogP contribution in [0, 0.1) is 0 Å². The molecule has 0 unspecified atom stereocenters. The van der Waals surface area contributed by atoms with Crippen molar-refractivity contribution in [1.29, 1.82) is 0 Å². The van der Waals surface area contributed by atoms with Crippen LogP contribution in [0.1, 0.15) is 43.3 Å². The van der Waals surface area contributed by atoms with Gasteiger partial charge < -0.3 is 10.5 Å². The largest absolute Gasteiger partial charge is 0.383 e. The van der Waals surface area contributed by atoms with E-state index in [0.29, 0.717) is 19.0 Å². The Hall–Kier alpha value is -1.16. The van der Waals surface area contributed by atoms with E-state index < -0.39 is 0 Å². The molecule has 0 bridgehead atoms. The van der Waals surface area contributed by atoms with E-state index in [9.17, 15) is 0 Å². The molecular weight excluding hydrogens is 202 g/mol. The van der Waals surface area contributed by atoms with E-state index >= 15 is 0 Å². The van der Waals surface area contributed by atoms with Crippen LogP contribution in [0.2, 0.25) is 0 Å². The average Bonchev–Trinajstić information content (AvgIpc) is 2.51. The van der Waals surface area contributed by atoms with Crippen molar-refractivity contribution < 1.29 is 4.74 Å². The summed E-state index contributed by atoms with van der Waals surface area (Å²) in [6.07, 6.45) is 5.72. The maximum absolute atomic E-state index is 5.98. The van der Waals surface area contributed by atoms with Crippen LogP contribution in [-0.2, 0) is 24.2 Å². The summed E-state index contributed by atoms with van der Waals surface area (Å²) in [6.45, 7) is 3.11. The van der Waals surface area contributed by atoms with E-state index in [0.717, 1.165) is 29.9 Å². The normalized spacial score (nSPS) is 15.6. The van der Waals surface area contributed by atoms with Gasteiger partial charge in [-0.15, -0.1) is 0 Å². The maximum Gasteiger partial charge on any atom is 0.156 e. The first-order valence-corrected chi connectivity index (χ1v) is 6.03. The van der Waals surface area contributed by atoms with Gasteiger partial charge in [0.15, 0.2) is 5.82 Å². The van der Waals surface area contributed by atoms with Crippen molar-refractivity contribution >= 4 is 5.82 Å². The molecule has 88 valence electrons. The lowest BCUT2D eigenvalue weighted by molar-refractivity contribution is 0.128. The number of nitrogens with two attached hydrogens (primary N) is 1. The Labute approximate surface area is 96.2 Å². The summed E-state index contributed by atoms with van der Waals surface area (Å²) in [7, 11) is 0. The van der Waals surface area contributed by atoms with Gasteiger partial charge in [-0.25, -0.2) is 9.97 Å². The third kappa shape index (κ3) is 2.50. The molecule has 0 fully saturated rings. The molecule has 0 spiro atoms. The van der Waals surface area contributed by atoms with Crippen molar-refractivity contribution in [2.75, 3.05) is 12.3 Å². The summed E-state index contributed by atoms with van der Waals surface area (Å²) in [5, 5.41) is 0. The summed E-state index contributed by atoms with van der Waals surface area (Å²) in [5.41, 5.74) is 8.28. The Morgan fingerprint density at radius 1 is 1.19 bits per heavy atom. The highest BCUT2D eigenvalue weighted by Crippen LogP contribution is 2.22. The lowest BCUT2D eigenvalue weighted by atomic mass is 10.1. The van der Waals surface area contributed by atoms with Crippen LogP contribution in [0.4, 0.5) is 5.82 Å². The molecule has 0 saturated carbocycles. The van der Waals surface area contributed by atoms with Gasteiger partial charge in [0.25, 0.3) is 0 Å². The second kappa shape index (κ2) is 5.25. The SMILES string of the molecule is CCOCc1nc(N)c2c(n1)CCCCC2. The molecular formula is C12H19N3O. The third-order valence-electron chi connectivity index (χ3n) is 2.95. The van der Waals surface area contributed by atoms with Gasteiger partial charge in [-0.1, -0.05) is 6.42 Å². The van der Waals surface area contributed by atoms with Gasteiger partial charge in [-0.05, 0) is 32.6 Å². The molecule has 1 aliphatic carbocycles. The summed E-state index contributed by atoms with van der Waals surface area (Å²) in [5.74, 6) is 1.38. The summed E-state index contributed by atoms with van der Waals surface area (Å²) >= 11 is 0. The predicted molar refractivity (Wildman–Crippen MR) is 63.0 cm³/mol. The van der Waals surface area contributed by atoms with Crippen LogP contribution in [0.25, 0.3) is 0 Å². The molecule has 1 aromatic heterocycles. The first-order chi connectivity index (χ1) is 7.81. The van der Waals surface area contributed by atoms with Crippen LogP contribution in [0.3, 0.4) is 0 Å². The molecule has 0 aromatic carbocycles. The standard InChI is InChI=1S/C12H19N3O/c1-2-16-8-11-14-10-7-5-3-4-6-9(10)12(13)15-11/h2-8H2,1H3,(H2,13,14,15). The van der Waals surface area contributed by atoms with Crippen molar-refractivity contribution in [3.05, 3.63) is 17.1 Å². The van der Waals surface area contributed by atoms with Crippen molar-refractivity contribution in [2.24, 2.45) is 0 Å². The zero-order valence-corrected chi connectivity index (χ0v) is 9.83. The fraction of sp³-hybridized carbons (Fsp3) is 0.667. The molecule has 0 aliphatic heterocycles. The average molecular weight is 221 g/mol. The zero-order valence-electron chi connectivity index (χ0n) is 9.83. The molecule has 4 nitrogen and oxygen atoms in total. The van der Waals surface area contributed by atoms with Crippen LogP contribution < -0.4 is 5.73 Å². The number of rotatable bonds is 3. The van der Waals surface area contributed by atoms with Gasteiger partial charge in [-0.2, -0.15) is 0 Å². The Balaban J connectivity index is 2.24. The summed E-state index contributed by atoms with van der Waals surface area (Å²) in [6, 6.07) is 0. The van der Waals surface area contributed by atoms with Crippen molar-refractivity contribution in [3.8, 4) is 0 Å². The van der Waals surface area contributed by atoms with Gasteiger partial charge in [0.2, 0.25) is 0 Å². The van der Waals surface area contributed by atoms with Gasteiger partial charge in [0, 0.05) is 17.9 Å². The van der Waals surface area contributed by atoms with E-state index in [2.05, 4.69) is 9.97 Å². The van der Waals surface area contributed by atoms with Crippen molar-refractivity contribution in [1.82, 2.24) is 9.97 Å². The van der Waals surface area contributed by atoms with Gasteiger partial charge in [-0.3, -0.25) is 0 Å². The molecule has 0 radical (unpaired) electrons. The number of nitrogens with zero attached hydrogens (tertiary/aromatic N) is 2. The summed E-state index contributed by atoms with van der Waals surface area (Å²) in [4.78, 5) is 8.86. The molecule has 2 rings (SSSR count). The second-order valence-electron chi connectivity index (χ2n) is 4.15. The van der Waals surface area contributed by atoms with Gasteiger partial charge in [0.05, 0.1) is 0 Å². The number of ether oxygens (including phenoxy) is 1. The topological polar surface area (TPSA) is 61.0 Å². The fourth-order valence-corrected chi connectivity index (χ4v) is 2.11. The van der Waals surface area contributed by atoms with E-state index in [-0.39, 0.29) is 0 Å². The first kappa shape index (κ1) is 11.3. The monoisotopic (exact) mass is 221 g/mol. The van der Waals surface area contributed by atoms with Crippen LogP contribution in [0.15, 0.2) is 0 Å². The van der Waals surface area contributed by atoms with Crippen LogP contribution in [0.5, 0.6) is 0 Å². The molecule has 4 heteroatoms. The van der Waals surface area contributed by atoms with E-state index in [4.69, 9.17) is 10.5 Å². The Morgan fingerprint density at radius 2 is 2.00 bits per heavy atom. The van der Waals surface area contributed by atoms with Crippen molar-refractivity contribution in [2.45, 2.75) is 45.6 Å². The first-order valence-electron chi connectivity index (χ1n) is 6.03. The van der Waals surface area contributed by atoms with E-state index in [1.165, 1.54) is 19.3 Å². The quantitative estimate of drug-likeness (QED) is 0.791. The predicted octanol–water partition coefficient (Wildman–Crippen LogP) is 1.86. The van der Waals surface area contributed by atoms with Crippen LogP contribution in [-0.4, -0.2) is 16.6 Å². The highest BCUT2D eigenvalue weighted by Gasteiger charge is 2.14. The van der Waals surface area contributed by atoms with Gasteiger partial charge in [0.1, 0.15) is 12.4 Å². The second-order valence-corrected chi connectivity index (χ2v) is 4.15. The lowest BCUT2D eigenvalue weighted by Crippen LogP contribution is -2.09. The minimum Gasteiger partial charge on any atom is -0.383 e. The fourth-order valence-electron chi connectivity index (χ4n) is 2.11. The Bertz CT molecular complexity index is 366. The smallest absolute Gasteiger partial charge is 0.156 e.